The maximum Gasteiger partial charge on any atom is 0.407 e. The van der Waals surface area contributed by atoms with E-state index in [1.165, 1.54) is 0 Å². The predicted molar refractivity (Wildman–Crippen MR) is 129 cm³/mol. The minimum absolute atomic E-state index is 0. The standard InChI is InChI=1S/C21H34N4O4.HI/c1-20(2,3)29-19(26)24-10-9-23-18(22-6)25-14-21(4,5)15-7-8-16-17(13-15)28-12-11-27-16;/h7-8,13H,9-12,14H2,1-6H3,(H,24,26)(H2,22,23,25);1H. The quantitative estimate of drug-likeness (QED) is 0.225. The number of alkyl carbamates (subject to hydrolysis) is 1. The number of amides is 1. The molecule has 0 fully saturated rings. The highest BCUT2D eigenvalue weighted by molar-refractivity contribution is 14.0. The number of fused-ring (bicyclic) bond motifs is 1. The molecule has 1 aromatic carbocycles. The first kappa shape index (κ1) is 26.1. The van der Waals surface area contributed by atoms with Crippen LogP contribution in [0.5, 0.6) is 11.5 Å². The number of hydrogen-bond acceptors (Lipinski definition) is 5. The average molecular weight is 534 g/mol. The van der Waals surface area contributed by atoms with Gasteiger partial charge in [0.05, 0.1) is 0 Å². The Morgan fingerprint density at radius 2 is 1.67 bits per heavy atom. The summed E-state index contributed by atoms with van der Waals surface area (Å²) in [7, 11) is 1.72. The van der Waals surface area contributed by atoms with Gasteiger partial charge in [-0.15, -0.1) is 24.0 Å². The highest BCUT2D eigenvalue weighted by Gasteiger charge is 2.24. The van der Waals surface area contributed by atoms with Crippen molar-refractivity contribution in [3.05, 3.63) is 23.8 Å². The molecule has 0 aromatic heterocycles. The molecule has 0 spiro atoms. The monoisotopic (exact) mass is 534 g/mol. The molecule has 0 aliphatic carbocycles. The van der Waals surface area contributed by atoms with E-state index in [2.05, 4.69) is 40.9 Å². The number of carbonyl (C=O) groups is 1. The number of aliphatic imine (C=N–C) groups is 1. The second kappa shape index (κ2) is 11.5. The van der Waals surface area contributed by atoms with E-state index < -0.39 is 11.7 Å². The van der Waals surface area contributed by atoms with E-state index in [9.17, 15) is 4.79 Å². The Labute approximate surface area is 196 Å². The van der Waals surface area contributed by atoms with Gasteiger partial charge in [0.25, 0.3) is 0 Å². The van der Waals surface area contributed by atoms with Gasteiger partial charge in [0.2, 0.25) is 0 Å². The number of ether oxygens (including phenoxy) is 3. The molecule has 1 aliphatic rings. The second-order valence-electron chi connectivity index (χ2n) is 8.52. The first-order valence-electron chi connectivity index (χ1n) is 9.92. The minimum atomic E-state index is -0.505. The minimum Gasteiger partial charge on any atom is -0.486 e. The first-order valence-corrected chi connectivity index (χ1v) is 9.92. The van der Waals surface area contributed by atoms with Gasteiger partial charge in [0.15, 0.2) is 17.5 Å². The Balaban J connectivity index is 0.00000450. The van der Waals surface area contributed by atoms with Gasteiger partial charge in [-0.2, -0.15) is 0 Å². The highest BCUT2D eigenvalue weighted by Crippen LogP contribution is 2.34. The fourth-order valence-electron chi connectivity index (χ4n) is 2.75. The summed E-state index contributed by atoms with van der Waals surface area (Å²) in [6.07, 6.45) is -0.429. The number of nitrogens with zero attached hydrogens (tertiary/aromatic N) is 1. The first-order chi connectivity index (χ1) is 13.6. The summed E-state index contributed by atoms with van der Waals surface area (Å²) in [6, 6.07) is 6.06. The molecule has 2 rings (SSSR count). The lowest BCUT2D eigenvalue weighted by Crippen LogP contribution is -2.45. The number of nitrogens with one attached hydrogen (secondary N) is 3. The molecule has 0 saturated carbocycles. The van der Waals surface area contributed by atoms with Crippen LogP contribution in [0.15, 0.2) is 23.2 Å². The summed E-state index contributed by atoms with van der Waals surface area (Å²) in [6.45, 7) is 12.6. The topological polar surface area (TPSA) is 93.2 Å². The smallest absolute Gasteiger partial charge is 0.407 e. The molecule has 3 N–H and O–H groups in total. The summed E-state index contributed by atoms with van der Waals surface area (Å²) in [5.41, 5.74) is 0.493. The molecule has 8 nitrogen and oxygen atoms in total. The summed E-state index contributed by atoms with van der Waals surface area (Å²) < 4.78 is 16.5. The van der Waals surface area contributed by atoms with E-state index in [0.29, 0.717) is 38.8 Å². The second-order valence-corrected chi connectivity index (χ2v) is 8.52. The lowest BCUT2D eigenvalue weighted by Gasteiger charge is -2.28. The van der Waals surface area contributed by atoms with Crippen molar-refractivity contribution in [1.82, 2.24) is 16.0 Å². The van der Waals surface area contributed by atoms with Crippen LogP contribution in [0, 0.1) is 0 Å². The van der Waals surface area contributed by atoms with Crippen molar-refractivity contribution < 1.29 is 19.0 Å². The maximum atomic E-state index is 11.7. The molecular weight excluding hydrogens is 499 g/mol. The van der Waals surface area contributed by atoms with Gasteiger partial charge in [-0.3, -0.25) is 4.99 Å². The Hall–Kier alpha value is -1.91. The summed E-state index contributed by atoms with van der Waals surface area (Å²) in [4.78, 5) is 15.9. The summed E-state index contributed by atoms with van der Waals surface area (Å²) in [5.74, 6) is 2.25. The maximum absolute atomic E-state index is 11.7. The van der Waals surface area contributed by atoms with Crippen molar-refractivity contribution in [2.75, 3.05) is 39.9 Å². The Morgan fingerprint density at radius 3 is 2.30 bits per heavy atom. The largest absolute Gasteiger partial charge is 0.486 e. The lowest BCUT2D eigenvalue weighted by molar-refractivity contribution is 0.0529. The third-order valence-electron chi connectivity index (χ3n) is 4.33. The van der Waals surface area contributed by atoms with Gasteiger partial charge in [0.1, 0.15) is 18.8 Å². The van der Waals surface area contributed by atoms with Crippen molar-refractivity contribution in [2.45, 2.75) is 45.6 Å². The number of benzene rings is 1. The number of carbonyl (C=O) groups excluding carboxylic acids is 1. The van der Waals surface area contributed by atoms with Gasteiger partial charge in [-0.25, -0.2) is 4.79 Å². The van der Waals surface area contributed by atoms with Crippen LogP contribution < -0.4 is 25.4 Å². The van der Waals surface area contributed by atoms with Crippen LogP contribution in [0.1, 0.15) is 40.2 Å². The van der Waals surface area contributed by atoms with Crippen molar-refractivity contribution in [1.29, 1.82) is 0 Å². The third-order valence-corrected chi connectivity index (χ3v) is 4.33. The molecule has 0 atom stereocenters. The molecule has 0 saturated heterocycles. The SMILES string of the molecule is CN=C(NCCNC(=O)OC(C)(C)C)NCC(C)(C)c1ccc2c(c1)OCCO2.I. The zero-order valence-corrected chi connectivity index (χ0v) is 21.1. The number of rotatable bonds is 6. The fourth-order valence-corrected chi connectivity index (χ4v) is 2.75. The van der Waals surface area contributed by atoms with Gasteiger partial charge in [-0.05, 0) is 38.5 Å². The summed E-state index contributed by atoms with van der Waals surface area (Å²) in [5, 5.41) is 9.24. The van der Waals surface area contributed by atoms with Crippen molar-refractivity contribution in [3.63, 3.8) is 0 Å². The van der Waals surface area contributed by atoms with Crippen LogP contribution in [0.2, 0.25) is 0 Å². The molecular formula is C21H35IN4O4. The van der Waals surface area contributed by atoms with E-state index in [4.69, 9.17) is 14.2 Å². The summed E-state index contributed by atoms with van der Waals surface area (Å²) >= 11 is 0. The zero-order chi connectivity index (χ0) is 21.5. The van der Waals surface area contributed by atoms with Crippen molar-refractivity contribution in [2.24, 2.45) is 4.99 Å². The molecule has 0 bridgehead atoms. The van der Waals surface area contributed by atoms with E-state index in [1.54, 1.807) is 7.05 Å². The van der Waals surface area contributed by atoms with E-state index in [-0.39, 0.29) is 29.4 Å². The van der Waals surface area contributed by atoms with Crippen LogP contribution >= 0.6 is 24.0 Å². The van der Waals surface area contributed by atoms with E-state index in [0.717, 1.165) is 17.1 Å². The predicted octanol–water partition coefficient (Wildman–Crippen LogP) is 3.04. The Kier molecular flexibility index (Phi) is 9.99. The van der Waals surface area contributed by atoms with Crippen LogP contribution in [0.3, 0.4) is 0 Å². The average Bonchev–Trinajstić information content (AvgIpc) is 2.65. The van der Waals surface area contributed by atoms with Gasteiger partial charge in [0, 0.05) is 32.1 Å². The molecule has 170 valence electrons. The molecule has 0 unspecified atom stereocenters. The van der Waals surface area contributed by atoms with Crippen LogP contribution in [-0.4, -0.2) is 57.5 Å². The molecule has 1 heterocycles. The van der Waals surface area contributed by atoms with Crippen LogP contribution in [0.4, 0.5) is 4.79 Å². The highest BCUT2D eigenvalue weighted by atomic mass is 127. The molecule has 0 radical (unpaired) electrons. The molecule has 1 amide bonds. The zero-order valence-electron chi connectivity index (χ0n) is 18.8. The normalized spacial score (nSPS) is 13.7. The molecule has 1 aromatic rings. The van der Waals surface area contributed by atoms with Gasteiger partial charge >= 0.3 is 6.09 Å². The third kappa shape index (κ3) is 8.45. The van der Waals surface area contributed by atoms with Gasteiger partial charge in [-0.1, -0.05) is 19.9 Å². The van der Waals surface area contributed by atoms with E-state index in [1.807, 2.05) is 32.9 Å². The Morgan fingerprint density at radius 1 is 1.03 bits per heavy atom. The molecule has 30 heavy (non-hydrogen) atoms. The van der Waals surface area contributed by atoms with Crippen LogP contribution in [0.25, 0.3) is 0 Å². The van der Waals surface area contributed by atoms with Crippen LogP contribution in [-0.2, 0) is 10.2 Å². The van der Waals surface area contributed by atoms with Crippen molar-refractivity contribution in [3.8, 4) is 11.5 Å². The van der Waals surface area contributed by atoms with E-state index >= 15 is 0 Å². The molecule has 9 heteroatoms. The lowest BCUT2D eigenvalue weighted by atomic mass is 9.84. The number of guanidine groups is 1. The number of hydrogen-bond donors (Lipinski definition) is 3. The van der Waals surface area contributed by atoms with Gasteiger partial charge < -0.3 is 30.2 Å². The number of halogens is 1. The van der Waals surface area contributed by atoms with Crippen molar-refractivity contribution >= 4 is 36.0 Å². The molecule has 1 aliphatic heterocycles. The Bertz CT molecular complexity index is 732. The fraction of sp³-hybridized carbons (Fsp3) is 0.619.